The fourth-order valence-corrected chi connectivity index (χ4v) is 4.78. The number of rotatable bonds is 1. The highest BCUT2D eigenvalue weighted by Crippen LogP contribution is 2.42. The first-order chi connectivity index (χ1) is 12.8. The number of hydrogen-bond acceptors (Lipinski definition) is 0. The van der Waals surface area contributed by atoms with Crippen LogP contribution in [-0.2, 0) is 0 Å². The van der Waals surface area contributed by atoms with Crippen LogP contribution < -0.4 is 5.22 Å². The molecule has 0 spiro atoms. The third-order valence-corrected chi connectivity index (χ3v) is 5.83. The monoisotopic (exact) mass is 328 g/mol. The Kier molecular flexibility index (Phi) is 2.46. The van der Waals surface area contributed by atoms with Gasteiger partial charge in [-0.2, -0.15) is 0 Å². The second-order valence-electron chi connectivity index (χ2n) is 7.11. The molecular formula is C26H16. The van der Waals surface area contributed by atoms with Crippen molar-refractivity contribution < 1.29 is 0 Å². The Hall–Kier alpha value is -3.38. The van der Waals surface area contributed by atoms with E-state index < -0.39 is 0 Å². The summed E-state index contributed by atoms with van der Waals surface area (Å²) in [6.45, 7) is 8.41. The fraction of sp³-hybridized carbons (Fsp3) is 0. The average Bonchev–Trinajstić information content (AvgIpc) is 2.69. The van der Waals surface area contributed by atoms with Gasteiger partial charge < -0.3 is 0 Å². The van der Waals surface area contributed by atoms with Gasteiger partial charge >= 0.3 is 0 Å². The van der Waals surface area contributed by atoms with E-state index in [1.54, 1.807) is 0 Å². The first kappa shape index (κ1) is 13.9. The van der Waals surface area contributed by atoms with Gasteiger partial charge in [-0.15, -0.1) is 0 Å². The molecule has 0 unspecified atom stereocenters. The van der Waals surface area contributed by atoms with E-state index in [9.17, 15) is 0 Å². The highest BCUT2D eigenvalue weighted by Gasteiger charge is 2.16. The van der Waals surface area contributed by atoms with Crippen molar-refractivity contribution in [3.05, 3.63) is 84.1 Å². The molecule has 0 nitrogen and oxygen atoms in total. The largest absolute Gasteiger partial charge is 0.0984 e. The van der Waals surface area contributed by atoms with Gasteiger partial charge in [-0.3, -0.25) is 0 Å². The third kappa shape index (κ3) is 1.51. The van der Waals surface area contributed by atoms with Gasteiger partial charge in [-0.1, -0.05) is 79.9 Å². The predicted octanol–water partition coefficient (Wildman–Crippen LogP) is 6.66. The molecule has 0 fully saturated rings. The molecule has 0 aliphatic rings. The molecule has 0 saturated heterocycles. The van der Waals surface area contributed by atoms with Gasteiger partial charge in [0.15, 0.2) is 0 Å². The Labute approximate surface area is 151 Å². The van der Waals surface area contributed by atoms with Crippen molar-refractivity contribution in [2.75, 3.05) is 0 Å². The second-order valence-corrected chi connectivity index (χ2v) is 7.11. The van der Waals surface area contributed by atoms with E-state index in [2.05, 4.69) is 79.9 Å². The van der Waals surface area contributed by atoms with Gasteiger partial charge in [0.25, 0.3) is 0 Å². The molecule has 0 heteroatoms. The molecule has 0 heterocycles. The van der Waals surface area contributed by atoms with Crippen molar-refractivity contribution in [2.24, 2.45) is 0 Å². The maximum Gasteiger partial charge on any atom is -0.00137 e. The number of benzene rings is 6. The van der Waals surface area contributed by atoms with Crippen molar-refractivity contribution >= 4 is 66.5 Å². The van der Waals surface area contributed by atoms with Gasteiger partial charge in [0, 0.05) is 0 Å². The summed E-state index contributed by atoms with van der Waals surface area (Å²) < 4.78 is 0. The molecule has 0 saturated carbocycles. The second kappa shape index (κ2) is 4.62. The van der Waals surface area contributed by atoms with E-state index in [0.717, 1.165) is 10.8 Å². The van der Waals surface area contributed by atoms with E-state index in [-0.39, 0.29) is 0 Å². The first-order valence-corrected chi connectivity index (χ1v) is 8.94. The molecule has 6 rings (SSSR count). The van der Waals surface area contributed by atoms with E-state index in [1.165, 1.54) is 53.9 Å². The highest BCUT2D eigenvalue weighted by atomic mass is 14.2. The quantitative estimate of drug-likeness (QED) is 0.234. The molecule has 6 aromatic rings. The number of hydrogen-bond donors (Lipinski definition) is 0. The van der Waals surface area contributed by atoms with Crippen LogP contribution in [0.4, 0.5) is 0 Å². The van der Waals surface area contributed by atoms with Crippen LogP contribution in [0.2, 0.25) is 0 Å². The summed E-state index contributed by atoms with van der Waals surface area (Å²) in [5.41, 5.74) is 1.16. The summed E-state index contributed by atoms with van der Waals surface area (Å²) >= 11 is 0. The van der Waals surface area contributed by atoms with Crippen molar-refractivity contribution in [1.29, 1.82) is 0 Å². The van der Waals surface area contributed by atoms with Crippen LogP contribution in [0.1, 0.15) is 5.56 Å². The molecular weight excluding hydrogens is 312 g/mol. The van der Waals surface area contributed by atoms with Crippen LogP contribution in [0.5, 0.6) is 0 Å². The zero-order valence-electron chi connectivity index (χ0n) is 14.3. The van der Waals surface area contributed by atoms with Crippen LogP contribution in [0.25, 0.3) is 66.5 Å². The van der Waals surface area contributed by atoms with E-state index in [1.807, 2.05) is 6.08 Å². The van der Waals surface area contributed by atoms with Crippen LogP contribution in [-0.4, -0.2) is 0 Å². The lowest BCUT2D eigenvalue weighted by molar-refractivity contribution is 1.72. The summed E-state index contributed by atoms with van der Waals surface area (Å²) in [5.74, 6) is 0. The maximum absolute atomic E-state index is 4.39. The predicted molar refractivity (Wildman–Crippen MR) is 116 cm³/mol. The van der Waals surface area contributed by atoms with E-state index in [4.69, 9.17) is 0 Å². The lowest BCUT2D eigenvalue weighted by Gasteiger charge is -2.17. The van der Waals surface area contributed by atoms with E-state index >= 15 is 0 Å². The summed E-state index contributed by atoms with van der Waals surface area (Å²) in [7, 11) is 0. The minimum Gasteiger partial charge on any atom is -0.0984 e. The van der Waals surface area contributed by atoms with Gasteiger partial charge in [-0.25, -0.2) is 0 Å². The van der Waals surface area contributed by atoms with E-state index in [0.29, 0.717) is 0 Å². The molecule has 0 aliphatic carbocycles. The van der Waals surface area contributed by atoms with Crippen molar-refractivity contribution in [3.8, 4) is 0 Å². The topological polar surface area (TPSA) is 0 Å². The lowest BCUT2D eigenvalue weighted by atomic mass is 9.85. The molecule has 26 heavy (non-hydrogen) atoms. The summed E-state index contributed by atoms with van der Waals surface area (Å²) in [6, 6.07) is 24.4. The Balaban J connectivity index is 2.11. The molecule has 0 aromatic heterocycles. The molecule has 120 valence electrons. The average molecular weight is 328 g/mol. The minimum absolute atomic E-state index is 1.07. The molecule has 0 bridgehead atoms. The molecule has 6 aromatic carbocycles. The molecule has 0 radical (unpaired) electrons. The zero-order valence-corrected chi connectivity index (χ0v) is 14.3. The standard InChI is InChI=1S/C26H16/c1-3-16-10-11-18-12-13-21-19-8-4-6-17-7-5-9-20(24(17)19)22-14-15(2)23(16)25(18)26(21)22/h3-14H,1-2H2. The van der Waals surface area contributed by atoms with Crippen molar-refractivity contribution in [1.82, 2.24) is 0 Å². The first-order valence-electron chi connectivity index (χ1n) is 8.94. The SMILES string of the molecule is C=Cc1ccc2ccc3c4cccc5cccc(c6cc(=C)c1c2c36)c54. The zero-order chi connectivity index (χ0) is 17.4. The van der Waals surface area contributed by atoms with Gasteiger partial charge in [-0.05, 0) is 70.7 Å². The van der Waals surface area contributed by atoms with Crippen LogP contribution in [0.3, 0.4) is 0 Å². The Morgan fingerprint density at radius 2 is 1.23 bits per heavy atom. The fourth-order valence-electron chi connectivity index (χ4n) is 4.78. The third-order valence-electron chi connectivity index (χ3n) is 5.83. The maximum atomic E-state index is 4.39. The lowest BCUT2D eigenvalue weighted by Crippen LogP contribution is -2.03. The molecule has 0 atom stereocenters. The Morgan fingerprint density at radius 3 is 2.00 bits per heavy atom. The van der Waals surface area contributed by atoms with Crippen LogP contribution in [0, 0.1) is 0 Å². The highest BCUT2D eigenvalue weighted by molar-refractivity contribution is 6.37. The summed E-state index contributed by atoms with van der Waals surface area (Å²) in [5, 5.41) is 14.1. The minimum atomic E-state index is 1.07. The number of fused-ring (bicyclic) bond motifs is 2. The van der Waals surface area contributed by atoms with Crippen LogP contribution in [0.15, 0.2) is 73.3 Å². The Bertz CT molecular complexity index is 1540. The Morgan fingerprint density at radius 1 is 0.577 bits per heavy atom. The van der Waals surface area contributed by atoms with Gasteiger partial charge in [0.2, 0.25) is 0 Å². The smallest absolute Gasteiger partial charge is 0.00137 e. The van der Waals surface area contributed by atoms with Gasteiger partial charge in [0.05, 0.1) is 0 Å². The summed E-state index contributed by atoms with van der Waals surface area (Å²) in [4.78, 5) is 0. The van der Waals surface area contributed by atoms with Gasteiger partial charge in [0.1, 0.15) is 0 Å². The molecule has 0 aliphatic heterocycles. The van der Waals surface area contributed by atoms with Crippen molar-refractivity contribution in [3.63, 3.8) is 0 Å². The van der Waals surface area contributed by atoms with Crippen LogP contribution >= 0.6 is 0 Å². The normalized spacial score (nSPS) is 12.2. The summed E-state index contributed by atoms with van der Waals surface area (Å²) in [6.07, 6.45) is 1.94. The molecule has 0 amide bonds. The molecule has 0 N–H and O–H groups in total. The van der Waals surface area contributed by atoms with Crippen molar-refractivity contribution in [2.45, 2.75) is 0 Å².